The van der Waals surface area contributed by atoms with Crippen molar-refractivity contribution in [2.75, 3.05) is 25.0 Å². The Labute approximate surface area is 174 Å². The van der Waals surface area contributed by atoms with Gasteiger partial charge in [0.25, 0.3) is 0 Å². The maximum atomic E-state index is 14.0. The molecule has 2 aromatic rings. The van der Waals surface area contributed by atoms with E-state index in [4.69, 9.17) is 16.3 Å². The molecule has 0 unspecified atom stereocenters. The van der Waals surface area contributed by atoms with E-state index < -0.39 is 0 Å². The molecule has 0 aromatic heterocycles. The number of benzene rings is 2. The van der Waals surface area contributed by atoms with Gasteiger partial charge < -0.3 is 10.1 Å². The van der Waals surface area contributed by atoms with E-state index in [1.165, 1.54) is 6.07 Å². The van der Waals surface area contributed by atoms with Crippen molar-refractivity contribution in [2.24, 2.45) is 5.92 Å². The number of carbonyl (C=O) groups excluding carboxylic acids is 2. The van der Waals surface area contributed by atoms with E-state index in [-0.39, 0.29) is 23.6 Å². The summed E-state index contributed by atoms with van der Waals surface area (Å²) in [7, 11) is 0. The largest absolute Gasteiger partial charge is 0.462 e. The maximum Gasteiger partial charge on any atom is 0.338 e. The van der Waals surface area contributed by atoms with E-state index in [0.717, 1.165) is 13.1 Å². The fourth-order valence-electron chi connectivity index (χ4n) is 3.39. The molecule has 1 aliphatic heterocycles. The van der Waals surface area contributed by atoms with Crippen molar-refractivity contribution < 1.29 is 18.7 Å². The van der Waals surface area contributed by atoms with Gasteiger partial charge in [0.1, 0.15) is 5.82 Å². The van der Waals surface area contributed by atoms with Crippen LogP contribution in [0.4, 0.5) is 10.1 Å². The van der Waals surface area contributed by atoms with Crippen LogP contribution in [0.5, 0.6) is 0 Å². The molecule has 0 aliphatic carbocycles. The normalized spacial score (nSPS) is 15.1. The van der Waals surface area contributed by atoms with Crippen LogP contribution in [-0.2, 0) is 16.1 Å². The number of amides is 1. The third-order valence-electron chi connectivity index (χ3n) is 5.03. The highest BCUT2D eigenvalue weighted by atomic mass is 35.5. The number of halogens is 2. The first kappa shape index (κ1) is 21.3. The van der Waals surface area contributed by atoms with Crippen LogP contribution in [0.3, 0.4) is 0 Å². The molecule has 1 saturated heterocycles. The van der Waals surface area contributed by atoms with Gasteiger partial charge >= 0.3 is 5.97 Å². The van der Waals surface area contributed by atoms with Crippen LogP contribution in [0.2, 0.25) is 5.02 Å². The summed E-state index contributed by atoms with van der Waals surface area (Å²) in [5, 5.41) is 3.29. The Bertz CT molecular complexity index is 865. The van der Waals surface area contributed by atoms with E-state index in [2.05, 4.69) is 10.2 Å². The average Bonchev–Trinajstić information content (AvgIpc) is 2.71. The number of hydrogen-bond acceptors (Lipinski definition) is 4. The summed E-state index contributed by atoms with van der Waals surface area (Å²) in [4.78, 5) is 26.4. The lowest BCUT2D eigenvalue weighted by Crippen LogP contribution is -2.37. The van der Waals surface area contributed by atoms with Crippen molar-refractivity contribution in [3.05, 3.63) is 64.4 Å². The number of esters is 1. The summed E-state index contributed by atoms with van der Waals surface area (Å²) < 4.78 is 18.9. The van der Waals surface area contributed by atoms with Gasteiger partial charge in [-0.05, 0) is 69.3 Å². The van der Waals surface area contributed by atoms with Gasteiger partial charge in [-0.1, -0.05) is 17.7 Å². The number of ether oxygens (including phenoxy) is 1. The predicted octanol–water partition coefficient (Wildman–Crippen LogP) is 4.51. The van der Waals surface area contributed by atoms with Crippen LogP contribution < -0.4 is 5.32 Å². The maximum absolute atomic E-state index is 14.0. The lowest BCUT2D eigenvalue weighted by atomic mass is 9.95. The van der Waals surface area contributed by atoms with Crippen molar-refractivity contribution in [1.82, 2.24) is 4.90 Å². The SMILES string of the molecule is CCOC(=O)c1ccc(NC(=O)C2CCN(Cc3ccc(Cl)cc3F)CC2)cc1. The summed E-state index contributed by atoms with van der Waals surface area (Å²) in [5.41, 5.74) is 1.71. The molecular formula is C22H24ClFN2O3. The minimum absolute atomic E-state index is 0.0359. The van der Waals surface area contributed by atoms with Crippen LogP contribution in [0.1, 0.15) is 35.7 Å². The van der Waals surface area contributed by atoms with Crippen molar-refractivity contribution in [1.29, 1.82) is 0 Å². The summed E-state index contributed by atoms with van der Waals surface area (Å²) in [6.45, 7) is 4.03. The first-order chi connectivity index (χ1) is 14.0. The van der Waals surface area contributed by atoms with E-state index in [0.29, 0.717) is 47.8 Å². The van der Waals surface area contributed by atoms with Gasteiger partial charge in [-0.3, -0.25) is 9.69 Å². The Morgan fingerprint density at radius 3 is 2.48 bits per heavy atom. The number of carbonyl (C=O) groups is 2. The number of nitrogens with zero attached hydrogens (tertiary/aromatic N) is 1. The monoisotopic (exact) mass is 418 g/mol. The Morgan fingerprint density at radius 1 is 1.17 bits per heavy atom. The lowest BCUT2D eigenvalue weighted by molar-refractivity contribution is -0.121. The fourth-order valence-corrected chi connectivity index (χ4v) is 3.55. The molecule has 0 spiro atoms. The van der Waals surface area contributed by atoms with Gasteiger partial charge in [0.2, 0.25) is 5.91 Å². The van der Waals surface area contributed by atoms with Crippen molar-refractivity contribution >= 4 is 29.2 Å². The Kier molecular flexibility index (Phi) is 7.23. The zero-order chi connectivity index (χ0) is 20.8. The number of likely N-dealkylation sites (tertiary alicyclic amines) is 1. The summed E-state index contributed by atoms with van der Waals surface area (Å²) >= 11 is 5.80. The van der Waals surface area contributed by atoms with Gasteiger partial charge in [-0.2, -0.15) is 0 Å². The smallest absolute Gasteiger partial charge is 0.338 e. The van der Waals surface area contributed by atoms with Crippen LogP contribution in [0.15, 0.2) is 42.5 Å². The lowest BCUT2D eigenvalue weighted by Gasteiger charge is -2.31. The molecule has 5 nitrogen and oxygen atoms in total. The highest BCUT2D eigenvalue weighted by Crippen LogP contribution is 2.23. The van der Waals surface area contributed by atoms with Crippen molar-refractivity contribution in [3.63, 3.8) is 0 Å². The van der Waals surface area contributed by atoms with Gasteiger partial charge in [-0.15, -0.1) is 0 Å². The van der Waals surface area contributed by atoms with E-state index in [9.17, 15) is 14.0 Å². The molecule has 2 aromatic carbocycles. The topological polar surface area (TPSA) is 58.6 Å². The minimum Gasteiger partial charge on any atom is -0.462 e. The zero-order valence-electron chi connectivity index (χ0n) is 16.3. The molecule has 3 rings (SSSR count). The molecule has 0 radical (unpaired) electrons. The number of rotatable bonds is 6. The van der Waals surface area contributed by atoms with Crippen LogP contribution in [0, 0.1) is 11.7 Å². The molecule has 0 bridgehead atoms. The van der Waals surface area contributed by atoms with Crippen LogP contribution >= 0.6 is 11.6 Å². The van der Waals surface area contributed by atoms with Crippen molar-refractivity contribution in [3.8, 4) is 0 Å². The Balaban J connectivity index is 1.49. The molecule has 1 aliphatic rings. The Morgan fingerprint density at radius 2 is 1.86 bits per heavy atom. The molecule has 29 heavy (non-hydrogen) atoms. The second-order valence-electron chi connectivity index (χ2n) is 7.07. The third-order valence-corrected chi connectivity index (χ3v) is 5.27. The summed E-state index contributed by atoms with van der Waals surface area (Å²) in [6, 6.07) is 11.4. The zero-order valence-corrected chi connectivity index (χ0v) is 17.0. The molecule has 1 heterocycles. The van der Waals surface area contributed by atoms with E-state index in [1.54, 1.807) is 43.3 Å². The Hall–Kier alpha value is -2.44. The molecule has 1 fully saturated rings. The molecule has 1 N–H and O–H groups in total. The van der Waals surface area contributed by atoms with Crippen LogP contribution in [0.25, 0.3) is 0 Å². The molecule has 154 valence electrons. The molecule has 7 heteroatoms. The first-order valence-corrected chi connectivity index (χ1v) is 10.1. The van der Waals surface area contributed by atoms with Gasteiger partial charge in [-0.25, -0.2) is 9.18 Å². The quantitative estimate of drug-likeness (QED) is 0.701. The first-order valence-electron chi connectivity index (χ1n) is 9.70. The number of nitrogens with one attached hydrogen (secondary N) is 1. The minimum atomic E-state index is -0.380. The van der Waals surface area contributed by atoms with E-state index in [1.807, 2.05) is 0 Å². The fraction of sp³-hybridized carbons (Fsp3) is 0.364. The number of anilines is 1. The second kappa shape index (κ2) is 9.85. The molecule has 0 atom stereocenters. The highest BCUT2D eigenvalue weighted by Gasteiger charge is 2.25. The highest BCUT2D eigenvalue weighted by molar-refractivity contribution is 6.30. The summed E-state index contributed by atoms with van der Waals surface area (Å²) in [5.74, 6) is -0.809. The number of piperidine rings is 1. The van der Waals surface area contributed by atoms with Crippen molar-refractivity contribution in [2.45, 2.75) is 26.3 Å². The standard InChI is InChI=1S/C22H24ClFN2O3/c1-2-29-22(28)16-4-7-19(8-5-16)25-21(27)15-9-11-26(12-10-15)14-17-3-6-18(23)13-20(17)24/h3-8,13,15H,2,9-12,14H2,1H3,(H,25,27). The number of hydrogen-bond donors (Lipinski definition) is 1. The van der Waals surface area contributed by atoms with Gasteiger partial charge in [0.05, 0.1) is 12.2 Å². The summed E-state index contributed by atoms with van der Waals surface area (Å²) in [6.07, 6.45) is 1.42. The molecule has 0 saturated carbocycles. The van der Waals surface area contributed by atoms with Gasteiger partial charge in [0.15, 0.2) is 0 Å². The predicted molar refractivity (Wildman–Crippen MR) is 110 cm³/mol. The van der Waals surface area contributed by atoms with E-state index >= 15 is 0 Å². The van der Waals surface area contributed by atoms with Crippen LogP contribution in [-0.4, -0.2) is 36.5 Å². The molecular weight excluding hydrogens is 395 g/mol. The average molecular weight is 419 g/mol. The second-order valence-corrected chi connectivity index (χ2v) is 7.51. The molecule has 1 amide bonds. The third kappa shape index (κ3) is 5.78. The van der Waals surface area contributed by atoms with Gasteiger partial charge in [0, 0.05) is 28.7 Å².